The highest BCUT2D eigenvalue weighted by molar-refractivity contribution is 5.37. The van der Waals surface area contributed by atoms with E-state index >= 15 is 0 Å². The number of ether oxygens (including phenoxy) is 4. The van der Waals surface area contributed by atoms with Gasteiger partial charge >= 0.3 is 0 Å². The first kappa shape index (κ1) is 31.9. The molecule has 0 saturated carbocycles. The monoisotopic (exact) mass is 619 g/mol. The van der Waals surface area contributed by atoms with Crippen molar-refractivity contribution in [2.24, 2.45) is 0 Å². The third-order valence-corrected chi connectivity index (χ3v) is 8.47. The molecular formula is C39H41NO6. The zero-order valence-electron chi connectivity index (χ0n) is 25.9. The molecule has 0 aliphatic carbocycles. The molecule has 1 aliphatic heterocycles. The van der Waals surface area contributed by atoms with Gasteiger partial charge < -0.3 is 33.7 Å². The fourth-order valence-corrected chi connectivity index (χ4v) is 6.16. The SMILES string of the molecule is OCc1cn2c(c1CO)[C@H](OCc1ccccc1)[C@@H](OCc1ccccc1)[C@H](OCc1ccccc1)[C@H]2COCc1ccccc1. The van der Waals surface area contributed by atoms with Gasteiger partial charge in [-0.2, -0.15) is 0 Å². The Balaban J connectivity index is 1.40. The van der Waals surface area contributed by atoms with E-state index in [-0.39, 0.29) is 19.3 Å². The number of fused-ring (bicyclic) bond motifs is 1. The second-order valence-corrected chi connectivity index (χ2v) is 11.5. The lowest BCUT2D eigenvalue weighted by atomic mass is 9.91. The van der Waals surface area contributed by atoms with Crippen molar-refractivity contribution in [3.63, 3.8) is 0 Å². The summed E-state index contributed by atoms with van der Waals surface area (Å²) in [5.41, 5.74) is 6.22. The first-order valence-electron chi connectivity index (χ1n) is 15.8. The van der Waals surface area contributed by atoms with E-state index in [1.54, 1.807) is 0 Å². The van der Waals surface area contributed by atoms with Crippen molar-refractivity contribution in [3.05, 3.63) is 167 Å². The highest BCUT2D eigenvalue weighted by Gasteiger charge is 2.47. The molecule has 0 unspecified atom stereocenters. The van der Waals surface area contributed by atoms with Crippen LogP contribution in [0.4, 0.5) is 0 Å². The van der Waals surface area contributed by atoms with E-state index < -0.39 is 18.3 Å². The van der Waals surface area contributed by atoms with Crippen LogP contribution in [0.3, 0.4) is 0 Å². The van der Waals surface area contributed by atoms with Gasteiger partial charge in [-0.1, -0.05) is 121 Å². The molecule has 7 heteroatoms. The minimum atomic E-state index is -0.600. The van der Waals surface area contributed by atoms with Gasteiger partial charge in [-0.15, -0.1) is 0 Å². The normalized spacial score (nSPS) is 19.2. The standard InChI is InChI=1S/C39H41NO6/c41-22-33-21-40-35(28-43-24-29-13-5-1-6-14-29)37(44-25-30-15-7-2-8-16-30)39(46-27-32-19-11-4-12-20-32)38(36(40)34(33)23-42)45-26-31-17-9-3-10-18-31/h1-21,35,37-39,41-42H,22-28H2/t35-,37-,38+,39+/m1/s1. The van der Waals surface area contributed by atoms with Crippen molar-refractivity contribution in [1.29, 1.82) is 0 Å². The van der Waals surface area contributed by atoms with Gasteiger partial charge in [-0.05, 0) is 22.3 Å². The van der Waals surface area contributed by atoms with Gasteiger partial charge in [0.25, 0.3) is 0 Å². The molecule has 1 aromatic heterocycles. The van der Waals surface area contributed by atoms with Gasteiger partial charge in [0.15, 0.2) is 0 Å². The molecule has 0 saturated heterocycles. The number of aliphatic hydroxyl groups is 2. The molecule has 5 aromatic rings. The number of nitrogens with zero attached hydrogens (tertiary/aromatic N) is 1. The highest BCUT2D eigenvalue weighted by Crippen LogP contribution is 2.43. The zero-order chi connectivity index (χ0) is 31.6. The lowest BCUT2D eigenvalue weighted by molar-refractivity contribution is -0.187. The van der Waals surface area contributed by atoms with E-state index in [9.17, 15) is 10.2 Å². The number of aliphatic hydroxyl groups excluding tert-OH is 2. The maximum Gasteiger partial charge on any atom is 0.127 e. The van der Waals surface area contributed by atoms with Gasteiger partial charge in [0.05, 0.1) is 58.0 Å². The second kappa shape index (κ2) is 16.0. The Labute approximate surface area is 270 Å². The molecule has 2 N–H and O–H groups in total. The molecule has 0 fully saturated rings. The van der Waals surface area contributed by atoms with E-state index in [4.69, 9.17) is 18.9 Å². The van der Waals surface area contributed by atoms with Crippen molar-refractivity contribution in [3.8, 4) is 0 Å². The molecule has 0 amide bonds. The van der Waals surface area contributed by atoms with Crippen molar-refractivity contribution >= 4 is 0 Å². The van der Waals surface area contributed by atoms with Crippen LogP contribution in [-0.4, -0.2) is 33.6 Å². The fraction of sp³-hybridized carbons (Fsp3) is 0.282. The van der Waals surface area contributed by atoms with E-state index in [1.807, 2.05) is 128 Å². The molecule has 0 spiro atoms. The summed E-state index contributed by atoms with van der Waals surface area (Å²) < 4.78 is 28.8. The Bertz CT molecular complexity index is 1610. The Morgan fingerprint density at radius 1 is 0.522 bits per heavy atom. The molecular weight excluding hydrogens is 578 g/mol. The maximum absolute atomic E-state index is 10.6. The topological polar surface area (TPSA) is 82.3 Å². The van der Waals surface area contributed by atoms with Crippen LogP contribution >= 0.6 is 0 Å². The molecule has 0 bridgehead atoms. The minimum Gasteiger partial charge on any atom is -0.392 e. The van der Waals surface area contributed by atoms with Crippen LogP contribution in [-0.2, 0) is 58.6 Å². The van der Waals surface area contributed by atoms with Crippen LogP contribution < -0.4 is 0 Å². The van der Waals surface area contributed by atoms with Crippen molar-refractivity contribution < 1.29 is 29.2 Å². The predicted octanol–water partition coefficient (Wildman–Crippen LogP) is 6.67. The number of hydrogen-bond acceptors (Lipinski definition) is 6. The first-order valence-corrected chi connectivity index (χ1v) is 15.8. The number of benzene rings is 4. The highest BCUT2D eigenvalue weighted by atomic mass is 16.6. The Kier molecular flexibility index (Phi) is 11.1. The summed E-state index contributed by atoms with van der Waals surface area (Å²) in [6.45, 7) is 1.34. The largest absolute Gasteiger partial charge is 0.392 e. The van der Waals surface area contributed by atoms with Crippen molar-refractivity contribution in [2.75, 3.05) is 6.61 Å². The molecule has 46 heavy (non-hydrogen) atoms. The predicted molar refractivity (Wildman–Crippen MR) is 175 cm³/mol. The fourth-order valence-electron chi connectivity index (χ4n) is 6.16. The van der Waals surface area contributed by atoms with Crippen LogP contribution in [0.25, 0.3) is 0 Å². The van der Waals surface area contributed by atoms with Gasteiger partial charge in [0.1, 0.15) is 18.3 Å². The number of hydrogen-bond donors (Lipinski definition) is 2. The molecule has 2 heterocycles. The quantitative estimate of drug-likeness (QED) is 0.136. The molecule has 0 radical (unpaired) electrons. The first-order chi connectivity index (χ1) is 22.7. The second-order valence-electron chi connectivity index (χ2n) is 11.5. The summed E-state index contributed by atoms with van der Waals surface area (Å²) in [4.78, 5) is 0. The molecule has 1 aliphatic rings. The molecule has 4 aromatic carbocycles. The van der Waals surface area contributed by atoms with E-state index in [2.05, 4.69) is 4.57 Å². The zero-order valence-corrected chi connectivity index (χ0v) is 25.9. The summed E-state index contributed by atoms with van der Waals surface area (Å²) in [5, 5.41) is 21.0. The lowest BCUT2D eigenvalue weighted by Crippen LogP contribution is -2.50. The van der Waals surface area contributed by atoms with Gasteiger partial charge in [-0.3, -0.25) is 0 Å². The van der Waals surface area contributed by atoms with Crippen LogP contribution in [0.2, 0.25) is 0 Å². The maximum atomic E-state index is 10.6. The Hall–Kier alpha value is -4.08. The lowest BCUT2D eigenvalue weighted by Gasteiger charge is -2.44. The Morgan fingerprint density at radius 2 is 0.978 bits per heavy atom. The van der Waals surface area contributed by atoms with Gasteiger partial charge in [-0.25, -0.2) is 0 Å². The molecule has 238 valence electrons. The molecule has 4 atom stereocenters. The van der Waals surface area contributed by atoms with Crippen molar-refractivity contribution in [2.45, 2.75) is 64.0 Å². The van der Waals surface area contributed by atoms with E-state index in [0.29, 0.717) is 44.2 Å². The minimum absolute atomic E-state index is 0.218. The third kappa shape index (κ3) is 7.65. The third-order valence-electron chi connectivity index (χ3n) is 8.47. The number of aromatic nitrogens is 1. The summed E-state index contributed by atoms with van der Waals surface area (Å²) >= 11 is 0. The van der Waals surface area contributed by atoms with Crippen molar-refractivity contribution in [1.82, 2.24) is 4.57 Å². The summed E-state index contributed by atoms with van der Waals surface area (Å²) in [7, 11) is 0. The average molecular weight is 620 g/mol. The van der Waals surface area contributed by atoms with Gasteiger partial charge in [0, 0.05) is 17.3 Å². The van der Waals surface area contributed by atoms with Crippen LogP contribution in [0.15, 0.2) is 128 Å². The van der Waals surface area contributed by atoms with E-state index in [1.165, 1.54) is 0 Å². The smallest absolute Gasteiger partial charge is 0.127 e. The van der Waals surface area contributed by atoms with Crippen LogP contribution in [0.5, 0.6) is 0 Å². The Morgan fingerprint density at radius 3 is 1.46 bits per heavy atom. The molecule has 7 nitrogen and oxygen atoms in total. The summed E-state index contributed by atoms with van der Waals surface area (Å²) in [5.74, 6) is 0. The molecule has 6 rings (SSSR count). The summed E-state index contributed by atoms with van der Waals surface area (Å²) in [6.07, 6.45) is 0.260. The van der Waals surface area contributed by atoms with Crippen LogP contribution in [0, 0.1) is 0 Å². The van der Waals surface area contributed by atoms with Crippen LogP contribution in [0.1, 0.15) is 51.2 Å². The van der Waals surface area contributed by atoms with Gasteiger partial charge in [0.2, 0.25) is 0 Å². The number of rotatable bonds is 15. The average Bonchev–Trinajstić information content (AvgIpc) is 3.50. The van der Waals surface area contributed by atoms with E-state index in [0.717, 1.165) is 27.9 Å². The summed E-state index contributed by atoms with van der Waals surface area (Å²) in [6, 6.07) is 39.9.